The Morgan fingerprint density at radius 2 is 1.84 bits per heavy atom. The van der Waals surface area contributed by atoms with Crippen molar-refractivity contribution in [2.24, 2.45) is 35.5 Å². The van der Waals surface area contributed by atoms with E-state index in [1.165, 1.54) is 13.0 Å². The van der Waals surface area contributed by atoms with Gasteiger partial charge in [0.25, 0.3) is 0 Å². The van der Waals surface area contributed by atoms with E-state index >= 15 is 0 Å². The maximum Gasteiger partial charge on any atom is 0.0372 e. The molecule has 2 saturated heterocycles. The van der Waals surface area contributed by atoms with E-state index in [1.807, 2.05) is 5.57 Å². The van der Waals surface area contributed by atoms with Gasteiger partial charge in [0.05, 0.1) is 0 Å². The highest BCUT2D eigenvalue weighted by Gasteiger charge is 2.60. The first-order chi connectivity index (χ1) is 8.91. The first-order valence-electron chi connectivity index (χ1n) is 8.39. The fraction of sp³-hybridized carbons (Fsp3) is 0.889. The van der Waals surface area contributed by atoms with E-state index < -0.39 is 0 Å². The Kier molecular flexibility index (Phi) is 3.32. The summed E-state index contributed by atoms with van der Waals surface area (Å²) in [5.74, 6) is 5.18. The molecule has 1 nitrogen and oxygen atoms in total. The van der Waals surface area contributed by atoms with Crippen molar-refractivity contribution in [1.82, 2.24) is 4.90 Å². The second-order valence-corrected chi connectivity index (χ2v) is 8.14. The minimum Gasteiger partial charge on any atom is -0.289 e. The SMILES string of the molecule is CC(C)C(C)CC1C=C2C(C1C)N1CC(C(C)C)C21. The van der Waals surface area contributed by atoms with Crippen LogP contribution in [-0.4, -0.2) is 23.5 Å². The topological polar surface area (TPSA) is 3.24 Å². The molecule has 1 heteroatoms. The van der Waals surface area contributed by atoms with Crippen molar-refractivity contribution < 1.29 is 0 Å². The van der Waals surface area contributed by atoms with Crippen LogP contribution in [0.15, 0.2) is 11.6 Å². The molecule has 0 amide bonds. The third-order valence-electron chi connectivity index (χ3n) is 6.44. The summed E-state index contributed by atoms with van der Waals surface area (Å²) in [4.78, 5) is 2.78. The smallest absolute Gasteiger partial charge is 0.0372 e. The summed E-state index contributed by atoms with van der Waals surface area (Å²) in [6.45, 7) is 15.8. The minimum absolute atomic E-state index is 0.823. The monoisotopic (exact) mass is 261 g/mol. The van der Waals surface area contributed by atoms with Crippen LogP contribution in [0.25, 0.3) is 0 Å². The highest BCUT2D eigenvalue weighted by atomic mass is 15.3. The molecule has 2 fully saturated rings. The lowest BCUT2D eigenvalue weighted by Gasteiger charge is -2.64. The number of nitrogens with zero attached hydrogens (tertiary/aromatic N) is 1. The predicted molar refractivity (Wildman–Crippen MR) is 82.0 cm³/mol. The zero-order chi connectivity index (χ0) is 13.9. The molecule has 3 aliphatic rings. The summed E-state index contributed by atoms with van der Waals surface area (Å²) < 4.78 is 0. The van der Waals surface area contributed by atoms with Crippen LogP contribution in [0.3, 0.4) is 0 Å². The first kappa shape index (κ1) is 13.7. The van der Waals surface area contributed by atoms with E-state index in [0.717, 1.165) is 47.6 Å². The second-order valence-electron chi connectivity index (χ2n) is 8.14. The normalized spacial score (nSPS) is 42.5. The van der Waals surface area contributed by atoms with Crippen LogP contribution in [0.2, 0.25) is 0 Å². The van der Waals surface area contributed by atoms with E-state index in [-0.39, 0.29) is 0 Å². The quantitative estimate of drug-likeness (QED) is 0.686. The highest BCUT2D eigenvalue weighted by Crippen LogP contribution is 2.56. The van der Waals surface area contributed by atoms with E-state index in [1.54, 1.807) is 0 Å². The molecule has 19 heavy (non-hydrogen) atoms. The van der Waals surface area contributed by atoms with Gasteiger partial charge in [-0.3, -0.25) is 4.90 Å². The highest BCUT2D eigenvalue weighted by molar-refractivity contribution is 5.40. The summed E-state index contributed by atoms with van der Waals surface area (Å²) in [7, 11) is 0. The van der Waals surface area contributed by atoms with Crippen LogP contribution in [0, 0.1) is 35.5 Å². The van der Waals surface area contributed by atoms with Crippen molar-refractivity contribution in [2.75, 3.05) is 6.54 Å². The molecule has 108 valence electrons. The van der Waals surface area contributed by atoms with Gasteiger partial charge in [0, 0.05) is 18.6 Å². The Bertz CT molecular complexity index is 381. The Labute approximate surface area is 119 Å². The maximum absolute atomic E-state index is 2.78. The molecule has 0 bridgehead atoms. The van der Waals surface area contributed by atoms with Crippen LogP contribution >= 0.6 is 0 Å². The molecule has 0 N–H and O–H groups in total. The van der Waals surface area contributed by atoms with Gasteiger partial charge in [-0.25, -0.2) is 0 Å². The van der Waals surface area contributed by atoms with E-state index in [0.29, 0.717) is 0 Å². The number of hydrogen-bond acceptors (Lipinski definition) is 1. The van der Waals surface area contributed by atoms with Gasteiger partial charge in [0.2, 0.25) is 0 Å². The van der Waals surface area contributed by atoms with Crippen LogP contribution in [0.4, 0.5) is 0 Å². The number of fused-ring (bicyclic) bond motifs is 4. The fourth-order valence-corrected chi connectivity index (χ4v) is 4.57. The van der Waals surface area contributed by atoms with Gasteiger partial charge < -0.3 is 0 Å². The second kappa shape index (κ2) is 4.62. The average molecular weight is 261 g/mol. The molecule has 2 heterocycles. The van der Waals surface area contributed by atoms with Gasteiger partial charge in [-0.1, -0.05) is 47.6 Å². The number of allylic oxidation sites excluding steroid dienone is 1. The molecule has 1 aliphatic carbocycles. The molecule has 0 radical (unpaired) electrons. The van der Waals surface area contributed by atoms with Crippen molar-refractivity contribution in [3.05, 3.63) is 11.6 Å². The molecule has 3 rings (SSSR count). The molecule has 0 aromatic heterocycles. The molecule has 0 aromatic carbocycles. The van der Waals surface area contributed by atoms with Crippen molar-refractivity contribution in [2.45, 2.75) is 60.0 Å². The molecule has 6 unspecified atom stereocenters. The van der Waals surface area contributed by atoms with Crippen LogP contribution in [0.1, 0.15) is 48.0 Å². The molecule has 2 aliphatic heterocycles. The van der Waals surface area contributed by atoms with Crippen molar-refractivity contribution >= 4 is 0 Å². The minimum atomic E-state index is 0.823. The summed E-state index contributed by atoms with van der Waals surface area (Å²) in [5.41, 5.74) is 1.82. The molecular formula is C18H31N. The van der Waals surface area contributed by atoms with Crippen molar-refractivity contribution in [1.29, 1.82) is 0 Å². The van der Waals surface area contributed by atoms with Crippen molar-refractivity contribution in [3.63, 3.8) is 0 Å². The Hall–Kier alpha value is -0.300. The van der Waals surface area contributed by atoms with E-state index in [9.17, 15) is 0 Å². The van der Waals surface area contributed by atoms with Gasteiger partial charge in [0.1, 0.15) is 0 Å². The largest absolute Gasteiger partial charge is 0.289 e. The lowest BCUT2D eigenvalue weighted by Crippen LogP contribution is -2.73. The predicted octanol–water partition coefficient (Wildman–Crippen LogP) is 4.20. The number of hydrogen-bond donors (Lipinski definition) is 0. The summed E-state index contributed by atoms with van der Waals surface area (Å²) >= 11 is 0. The van der Waals surface area contributed by atoms with Crippen LogP contribution < -0.4 is 0 Å². The molecule has 6 atom stereocenters. The van der Waals surface area contributed by atoms with E-state index in [4.69, 9.17) is 0 Å². The summed E-state index contributed by atoms with van der Waals surface area (Å²) in [5, 5.41) is 0. The van der Waals surface area contributed by atoms with Gasteiger partial charge in [-0.2, -0.15) is 0 Å². The van der Waals surface area contributed by atoms with Gasteiger partial charge in [0.15, 0.2) is 0 Å². The maximum atomic E-state index is 2.78. The van der Waals surface area contributed by atoms with Gasteiger partial charge in [-0.05, 0) is 47.5 Å². The lowest BCUT2D eigenvalue weighted by atomic mass is 9.66. The Morgan fingerprint density at radius 1 is 1.16 bits per heavy atom. The number of rotatable bonds is 4. The standard InChI is InChI=1S/C18H31N/c1-10(2)12(5)7-14-8-15-17(13(14)6)19-9-16(11(3)4)18(15)19/h8,10-14,16-18H,7,9H2,1-6H3. The molecule has 0 saturated carbocycles. The van der Waals surface area contributed by atoms with Gasteiger partial charge >= 0.3 is 0 Å². The third-order valence-corrected chi connectivity index (χ3v) is 6.44. The van der Waals surface area contributed by atoms with Crippen LogP contribution in [0.5, 0.6) is 0 Å². The first-order valence-corrected chi connectivity index (χ1v) is 8.39. The fourth-order valence-electron chi connectivity index (χ4n) is 4.57. The Balaban J connectivity index is 1.68. The van der Waals surface area contributed by atoms with E-state index in [2.05, 4.69) is 52.5 Å². The Morgan fingerprint density at radius 3 is 2.42 bits per heavy atom. The zero-order valence-electron chi connectivity index (χ0n) is 13.6. The molecule has 0 spiro atoms. The van der Waals surface area contributed by atoms with Crippen molar-refractivity contribution in [3.8, 4) is 0 Å². The molecule has 0 aromatic rings. The zero-order valence-corrected chi connectivity index (χ0v) is 13.6. The lowest BCUT2D eigenvalue weighted by molar-refractivity contribution is -0.0911. The van der Waals surface area contributed by atoms with Crippen LogP contribution in [-0.2, 0) is 0 Å². The third kappa shape index (κ3) is 1.92. The van der Waals surface area contributed by atoms with Gasteiger partial charge in [-0.15, -0.1) is 0 Å². The molecular weight excluding hydrogens is 230 g/mol. The average Bonchev–Trinajstić information content (AvgIpc) is 2.53. The summed E-state index contributed by atoms with van der Waals surface area (Å²) in [6.07, 6.45) is 4.08. The summed E-state index contributed by atoms with van der Waals surface area (Å²) in [6, 6.07) is 1.66. The number of piperidine rings is 1.